The first-order valence-corrected chi connectivity index (χ1v) is 4.77. The Bertz CT molecular complexity index is 568. The molecule has 10 nitrogen and oxygen atoms in total. The number of nitrogens with two attached hydrogens (primary N) is 2. The average molecular weight is 268 g/mol. The van der Waals surface area contributed by atoms with Crippen molar-refractivity contribution in [1.29, 1.82) is 0 Å². The molecule has 0 fully saturated rings. The average Bonchev–Trinajstić information content (AvgIpc) is 2.12. The van der Waals surface area contributed by atoms with Gasteiger partial charge in [0.05, 0.1) is 0 Å². The zero-order valence-corrected chi connectivity index (χ0v) is 9.76. The van der Waals surface area contributed by atoms with Gasteiger partial charge in [-0.05, 0) is 13.8 Å². The molecule has 2 aromatic rings. The van der Waals surface area contributed by atoms with Crippen LogP contribution in [-0.4, -0.2) is 29.9 Å². The summed E-state index contributed by atoms with van der Waals surface area (Å²) < 4.78 is 0. The fourth-order valence-electron chi connectivity index (χ4n) is 1.02. The van der Waals surface area contributed by atoms with Gasteiger partial charge >= 0.3 is 11.4 Å². The maximum absolute atomic E-state index is 10.4. The molecular weight excluding hydrogens is 252 g/mol. The molecule has 0 aromatic carbocycles. The molecule has 0 unspecified atom stereocenters. The van der Waals surface area contributed by atoms with Gasteiger partial charge in [-0.1, -0.05) is 7.43 Å². The van der Waals surface area contributed by atoms with Gasteiger partial charge in [0.2, 0.25) is 11.9 Å². The summed E-state index contributed by atoms with van der Waals surface area (Å²) in [5.41, 5.74) is 9.30. The normalized spacial score (nSPS) is 8.95. The van der Waals surface area contributed by atoms with Crippen molar-refractivity contribution >= 4 is 11.9 Å². The van der Waals surface area contributed by atoms with Gasteiger partial charge in [0, 0.05) is 0 Å². The number of aryl methyl sites for hydroxylation is 2. The molecule has 0 aliphatic heterocycles. The Hall–Kier alpha value is -2.78. The lowest BCUT2D eigenvalue weighted by molar-refractivity contribution is 0.883. The predicted molar refractivity (Wildman–Crippen MR) is 70.3 cm³/mol. The minimum absolute atomic E-state index is 0. The van der Waals surface area contributed by atoms with Gasteiger partial charge in [-0.15, -0.1) is 0 Å². The Balaban J connectivity index is 0.000000324. The molecule has 19 heavy (non-hydrogen) atoms. The first kappa shape index (κ1) is 16.2. The minimum Gasteiger partial charge on any atom is -0.368 e. The quantitative estimate of drug-likeness (QED) is 0.459. The van der Waals surface area contributed by atoms with Gasteiger partial charge in [0.25, 0.3) is 0 Å². The molecule has 2 aromatic heterocycles. The van der Waals surface area contributed by atoms with Gasteiger partial charge < -0.3 is 11.5 Å². The number of rotatable bonds is 0. The third-order valence-corrected chi connectivity index (χ3v) is 1.57. The third-order valence-electron chi connectivity index (χ3n) is 1.57. The van der Waals surface area contributed by atoms with Crippen molar-refractivity contribution < 1.29 is 0 Å². The highest BCUT2D eigenvalue weighted by atomic mass is 16.2. The molecule has 0 saturated carbocycles. The monoisotopic (exact) mass is 268 g/mol. The molecule has 6 N–H and O–H groups in total. The lowest BCUT2D eigenvalue weighted by Gasteiger charge is -1.93. The summed E-state index contributed by atoms with van der Waals surface area (Å²) in [7, 11) is 0. The van der Waals surface area contributed by atoms with Crippen LogP contribution in [0.4, 0.5) is 11.9 Å². The topological polar surface area (TPSA) is 169 Å². The van der Waals surface area contributed by atoms with E-state index in [1.807, 2.05) is 4.98 Å². The number of aromatic nitrogens is 6. The molecule has 0 bridgehead atoms. The zero-order valence-electron chi connectivity index (χ0n) is 9.76. The van der Waals surface area contributed by atoms with Crippen LogP contribution in [0, 0.1) is 13.8 Å². The van der Waals surface area contributed by atoms with E-state index in [-0.39, 0.29) is 19.3 Å². The van der Waals surface area contributed by atoms with E-state index < -0.39 is 11.4 Å². The molecule has 0 aliphatic rings. The minimum atomic E-state index is -0.615. The van der Waals surface area contributed by atoms with Crippen molar-refractivity contribution in [1.82, 2.24) is 29.9 Å². The van der Waals surface area contributed by atoms with Crippen molar-refractivity contribution in [2.75, 3.05) is 11.5 Å². The van der Waals surface area contributed by atoms with Gasteiger partial charge in [0.15, 0.2) is 0 Å². The highest BCUT2D eigenvalue weighted by Crippen LogP contribution is 1.94. The van der Waals surface area contributed by atoms with E-state index in [2.05, 4.69) is 24.9 Å². The highest BCUT2D eigenvalue weighted by molar-refractivity contribution is 5.25. The number of nitrogens with zero attached hydrogens (tertiary/aromatic N) is 4. The fourth-order valence-corrected chi connectivity index (χ4v) is 1.02. The summed E-state index contributed by atoms with van der Waals surface area (Å²) in [5, 5.41) is 0. The van der Waals surface area contributed by atoms with Gasteiger partial charge in [-0.25, -0.2) is 9.59 Å². The maximum Gasteiger partial charge on any atom is 0.350 e. The molecule has 0 amide bonds. The standard InChI is InChI=1S/C4H7N5.C4H5N3O2.CH4/c1-2-7-3(5)9-4(6)8-2;1-2-5-3(8)7-4(9)6-2;/h1H3,(H4,5,6,7,8,9);1H3,(H2,5,6,7,8,9);1H4. The van der Waals surface area contributed by atoms with E-state index in [4.69, 9.17) is 11.5 Å². The number of H-pyrrole nitrogens is 2. The van der Waals surface area contributed by atoms with Crippen LogP contribution in [0.2, 0.25) is 0 Å². The number of hydrogen-bond donors (Lipinski definition) is 4. The second-order valence-corrected chi connectivity index (χ2v) is 3.18. The highest BCUT2D eigenvalue weighted by Gasteiger charge is 1.93. The van der Waals surface area contributed by atoms with Crippen LogP contribution in [0.5, 0.6) is 0 Å². The van der Waals surface area contributed by atoms with Gasteiger partial charge in [-0.3, -0.25) is 9.97 Å². The maximum atomic E-state index is 10.4. The molecule has 2 rings (SSSR count). The predicted octanol–water partition coefficient (Wildman–Crippen LogP) is -1.25. The molecule has 10 heteroatoms. The molecule has 0 radical (unpaired) electrons. The van der Waals surface area contributed by atoms with Crippen molar-refractivity contribution in [3.05, 3.63) is 32.6 Å². The molecule has 0 aliphatic carbocycles. The lowest BCUT2D eigenvalue weighted by atomic mass is 10.7. The Morgan fingerprint density at radius 3 is 1.79 bits per heavy atom. The van der Waals surface area contributed by atoms with Gasteiger partial charge in [0.1, 0.15) is 11.6 Å². The van der Waals surface area contributed by atoms with Gasteiger partial charge in [-0.2, -0.15) is 19.9 Å². The Kier molecular flexibility index (Phi) is 5.83. The largest absolute Gasteiger partial charge is 0.368 e. The number of nitrogens with one attached hydrogen (secondary N) is 2. The van der Waals surface area contributed by atoms with Crippen molar-refractivity contribution in [2.24, 2.45) is 0 Å². The van der Waals surface area contributed by atoms with Crippen molar-refractivity contribution in [3.63, 3.8) is 0 Å². The lowest BCUT2D eigenvalue weighted by Crippen LogP contribution is -2.25. The van der Waals surface area contributed by atoms with Crippen LogP contribution in [-0.2, 0) is 0 Å². The van der Waals surface area contributed by atoms with E-state index in [1.165, 1.54) is 6.92 Å². The number of hydrogen-bond acceptors (Lipinski definition) is 8. The van der Waals surface area contributed by atoms with Crippen molar-refractivity contribution in [2.45, 2.75) is 21.3 Å². The summed E-state index contributed by atoms with van der Waals surface area (Å²) in [6.07, 6.45) is 0. The first-order valence-electron chi connectivity index (χ1n) is 4.77. The summed E-state index contributed by atoms with van der Waals surface area (Å²) >= 11 is 0. The number of nitrogen functional groups attached to an aromatic ring is 2. The second-order valence-electron chi connectivity index (χ2n) is 3.18. The zero-order chi connectivity index (χ0) is 13.7. The Morgan fingerprint density at radius 2 is 1.42 bits per heavy atom. The third kappa shape index (κ3) is 5.91. The van der Waals surface area contributed by atoms with Crippen molar-refractivity contribution in [3.8, 4) is 0 Å². The van der Waals surface area contributed by atoms with E-state index in [1.54, 1.807) is 6.92 Å². The first-order chi connectivity index (χ1) is 8.36. The SMILES string of the molecule is C.Cc1nc(=O)[nH]c(=O)[nH]1.Cc1nc(N)nc(N)n1. The van der Waals surface area contributed by atoms with Crippen LogP contribution in [0.3, 0.4) is 0 Å². The summed E-state index contributed by atoms with van der Waals surface area (Å²) in [4.78, 5) is 39.3. The molecule has 0 saturated heterocycles. The van der Waals surface area contributed by atoms with E-state index >= 15 is 0 Å². The van der Waals surface area contributed by atoms with E-state index in [0.717, 1.165) is 0 Å². The van der Waals surface area contributed by atoms with E-state index in [9.17, 15) is 9.59 Å². The van der Waals surface area contributed by atoms with Crippen LogP contribution >= 0.6 is 0 Å². The number of anilines is 2. The molecule has 104 valence electrons. The molecule has 2 heterocycles. The van der Waals surface area contributed by atoms with Crippen LogP contribution in [0.25, 0.3) is 0 Å². The molecular formula is C9H16N8O2. The summed E-state index contributed by atoms with van der Waals surface area (Å²) in [6, 6.07) is 0. The second kappa shape index (κ2) is 6.83. The molecule has 0 spiro atoms. The Morgan fingerprint density at radius 1 is 0.895 bits per heavy atom. The molecule has 0 atom stereocenters. The smallest absolute Gasteiger partial charge is 0.350 e. The Labute approximate surface area is 108 Å². The number of aromatic amines is 2. The van der Waals surface area contributed by atoms with Crippen LogP contribution in [0.15, 0.2) is 9.59 Å². The van der Waals surface area contributed by atoms with E-state index in [0.29, 0.717) is 11.6 Å². The summed E-state index contributed by atoms with van der Waals surface area (Å²) in [5.74, 6) is 1.20. The van der Waals surface area contributed by atoms with Crippen LogP contribution in [0.1, 0.15) is 19.1 Å². The summed E-state index contributed by atoms with van der Waals surface area (Å²) in [6.45, 7) is 3.24. The fraction of sp³-hybridized carbons (Fsp3) is 0.333. The van der Waals surface area contributed by atoms with Crippen LogP contribution < -0.4 is 22.8 Å².